The molecule has 0 aromatic carbocycles. The second-order valence-corrected chi connectivity index (χ2v) is 3.39. The topological polar surface area (TPSA) is 71.0 Å². The van der Waals surface area contributed by atoms with Crippen molar-refractivity contribution >= 4 is 5.97 Å². The molecule has 0 aromatic rings. The van der Waals surface area contributed by atoms with Crippen molar-refractivity contribution in [3.8, 4) is 12.3 Å². The summed E-state index contributed by atoms with van der Waals surface area (Å²) in [6.45, 7) is 2.75. The average molecular weight is 240 g/mol. The van der Waals surface area contributed by atoms with E-state index in [-0.39, 0.29) is 0 Å². The molecule has 0 saturated carbocycles. The van der Waals surface area contributed by atoms with E-state index in [1.807, 2.05) is 0 Å². The highest BCUT2D eigenvalue weighted by Crippen LogP contribution is 2.03. The van der Waals surface area contributed by atoms with E-state index in [2.05, 4.69) is 11.3 Å². The molecule has 0 unspecified atom stereocenters. The normalized spacial score (nSPS) is 15.1. The zero-order valence-corrected chi connectivity index (χ0v) is 9.52. The van der Waals surface area contributed by atoms with Crippen LogP contribution in [0.3, 0.4) is 0 Å². The van der Waals surface area contributed by atoms with Crippen molar-refractivity contribution in [1.29, 1.82) is 0 Å². The van der Waals surface area contributed by atoms with E-state index in [0.717, 1.165) is 0 Å². The Kier molecular flexibility index (Phi) is 6.10. The molecule has 6 nitrogen and oxygen atoms in total. The lowest BCUT2D eigenvalue weighted by Crippen LogP contribution is -2.34. The number of hydrogen-bond donors (Lipinski definition) is 2. The molecule has 0 amide bonds. The minimum atomic E-state index is -0.899. The quantitative estimate of drug-likeness (QED) is 0.438. The van der Waals surface area contributed by atoms with Crippen molar-refractivity contribution in [2.45, 2.75) is 0 Å². The van der Waals surface area contributed by atoms with Gasteiger partial charge >= 0.3 is 5.97 Å². The van der Waals surface area contributed by atoms with E-state index in [9.17, 15) is 4.79 Å². The number of carbonyl (C=O) groups is 1. The van der Waals surface area contributed by atoms with E-state index >= 15 is 0 Å². The lowest BCUT2D eigenvalue weighted by atomic mass is 10.3. The third kappa shape index (κ3) is 5.36. The first kappa shape index (κ1) is 13.5. The summed E-state index contributed by atoms with van der Waals surface area (Å²) < 4.78 is 10.3. The minimum absolute atomic E-state index is 0.295. The summed E-state index contributed by atoms with van der Waals surface area (Å²) in [5.74, 6) is 1.46. The van der Waals surface area contributed by atoms with Gasteiger partial charge in [0.05, 0.1) is 31.9 Å². The van der Waals surface area contributed by atoms with Crippen LogP contribution < -0.4 is 5.43 Å². The maximum Gasteiger partial charge on any atom is 0.334 e. The Morgan fingerprint density at radius 3 is 2.94 bits per heavy atom. The monoisotopic (exact) mass is 240 g/mol. The molecule has 1 heterocycles. The number of hydrazine groups is 1. The second kappa shape index (κ2) is 7.68. The van der Waals surface area contributed by atoms with Crippen molar-refractivity contribution in [1.82, 2.24) is 10.4 Å². The molecular formula is C11H16N2O4. The van der Waals surface area contributed by atoms with Crippen molar-refractivity contribution in [2.24, 2.45) is 0 Å². The number of carboxylic acids is 1. The van der Waals surface area contributed by atoms with Crippen molar-refractivity contribution in [2.75, 3.05) is 39.5 Å². The fourth-order valence-corrected chi connectivity index (χ4v) is 1.26. The Morgan fingerprint density at radius 1 is 1.53 bits per heavy atom. The zero-order valence-electron chi connectivity index (χ0n) is 9.52. The van der Waals surface area contributed by atoms with Crippen LogP contribution in [0.1, 0.15) is 0 Å². The number of rotatable bonds is 8. The van der Waals surface area contributed by atoms with E-state index in [1.165, 1.54) is 6.20 Å². The number of nitrogens with one attached hydrogen (secondary N) is 1. The molecular weight excluding hydrogens is 224 g/mol. The fraction of sp³-hybridized carbons (Fsp3) is 0.545. The summed E-state index contributed by atoms with van der Waals surface area (Å²) in [6.07, 6.45) is 6.49. The molecule has 0 fully saturated rings. The van der Waals surface area contributed by atoms with Crippen LogP contribution in [0.5, 0.6) is 0 Å². The summed E-state index contributed by atoms with van der Waals surface area (Å²) in [5, 5.41) is 10.5. The molecule has 0 aliphatic carbocycles. The molecule has 1 aliphatic heterocycles. The van der Waals surface area contributed by atoms with Gasteiger partial charge in [0.1, 0.15) is 6.61 Å². The molecule has 2 N–H and O–H groups in total. The smallest absolute Gasteiger partial charge is 0.334 e. The molecule has 17 heavy (non-hydrogen) atoms. The SMILES string of the molecule is C#CCOCCOCCN1CC(C(=O)O)=CN1. The Morgan fingerprint density at radius 2 is 2.29 bits per heavy atom. The van der Waals surface area contributed by atoms with Crippen LogP contribution in [0.15, 0.2) is 11.8 Å². The van der Waals surface area contributed by atoms with Crippen LogP contribution in [0.25, 0.3) is 0 Å². The highest BCUT2D eigenvalue weighted by atomic mass is 16.5. The molecule has 6 heteroatoms. The predicted molar refractivity (Wildman–Crippen MR) is 60.9 cm³/mol. The predicted octanol–water partition coefficient (Wildman–Crippen LogP) is -0.558. The van der Waals surface area contributed by atoms with Gasteiger partial charge in [0.15, 0.2) is 0 Å². The second-order valence-electron chi connectivity index (χ2n) is 3.39. The van der Waals surface area contributed by atoms with Gasteiger partial charge in [-0.25, -0.2) is 9.80 Å². The molecule has 0 atom stereocenters. The van der Waals surface area contributed by atoms with Crippen LogP contribution >= 0.6 is 0 Å². The average Bonchev–Trinajstić information content (AvgIpc) is 2.77. The van der Waals surface area contributed by atoms with Crippen LogP contribution in [0.4, 0.5) is 0 Å². The lowest BCUT2D eigenvalue weighted by Gasteiger charge is -2.15. The fourth-order valence-electron chi connectivity index (χ4n) is 1.26. The van der Waals surface area contributed by atoms with E-state index in [4.69, 9.17) is 21.0 Å². The first-order valence-electron chi connectivity index (χ1n) is 5.26. The highest BCUT2D eigenvalue weighted by molar-refractivity contribution is 5.87. The van der Waals surface area contributed by atoms with Gasteiger partial charge in [-0.1, -0.05) is 5.92 Å². The van der Waals surface area contributed by atoms with Gasteiger partial charge < -0.3 is 20.0 Å². The lowest BCUT2D eigenvalue weighted by molar-refractivity contribution is -0.132. The van der Waals surface area contributed by atoms with Crippen molar-refractivity contribution in [3.63, 3.8) is 0 Å². The van der Waals surface area contributed by atoms with Gasteiger partial charge in [-0.3, -0.25) is 0 Å². The maximum absolute atomic E-state index is 10.6. The van der Waals surface area contributed by atoms with E-state index < -0.39 is 5.97 Å². The first-order chi connectivity index (χ1) is 8.24. The van der Waals surface area contributed by atoms with Crippen LogP contribution in [0.2, 0.25) is 0 Å². The molecule has 1 rings (SSSR count). The number of carboxylic acid groups (broad SMARTS) is 1. The number of terminal acetylenes is 1. The standard InChI is InChI=1S/C11H16N2O4/c1-2-4-16-6-7-17-5-3-13-9-10(8-12-13)11(14)15/h1,8,12H,3-7,9H2,(H,14,15). The van der Waals surface area contributed by atoms with Gasteiger partial charge in [0.25, 0.3) is 0 Å². The Bertz CT molecular complexity index is 322. The van der Waals surface area contributed by atoms with Gasteiger partial charge in [0.2, 0.25) is 0 Å². The number of aliphatic carboxylic acids is 1. The van der Waals surface area contributed by atoms with Gasteiger partial charge in [-0.05, 0) is 0 Å². The Labute approximate surface area is 100 Å². The summed E-state index contributed by atoms with van der Waals surface area (Å²) in [5.41, 5.74) is 3.20. The molecule has 0 saturated heterocycles. The summed E-state index contributed by atoms with van der Waals surface area (Å²) >= 11 is 0. The third-order valence-electron chi connectivity index (χ3n) is 2.12. The summed E-state index contributed by atoms with van der Waals surface area (Å²) in [4.78, 5) is 10.6. The number of hydrogen-bond acceptors (Lipinski definition) is 5. The van der Waals surface area contributed by atoms with E-state index in [1.54, 1.807) is 5.01 Å². The molecule has 0 spiro atoms. The Balaban J connectivity index is 1.95. The highest BCUT2D eigenvalue weighted by Gasteiger charge is 2.18. The molecule has 0 bridgehead atoms. The maximum atomic E-state index is 10.6. The number of ether oxygens (including phenoxy) is 2. The van der Waals surface area contributed by atoms with Crippen molar-refractivity contribution < 1.29 is 19.4 Å². The van der Waals surface area contributed by atoms with Crippen molar-refractivity contribution in [3.05, 3.63) is 11.8 Å². The minimum Gasteiger partial charge on any atom is -0.478 e. The summed E-state index contributed by atoms with van der Waals surface area (Å²) in [6, 6.07) is 0. The van der Waals surface area contributed by atoms with Crippen LogP contribution in [-0.4, -0.2) is 55.6 Å². The molecule has 0 aromatic heterocycles. The van der Waals surface area contributed by atoms with Crippen LogP contribution in [-0.2, 0) is 14.3 Å². The Hall–Kier alpha value is -1.55. The number of nitrogens with zero attached hydrogens (tertiary/aromatic N) is 1. The third-order valence-corrected chi connectivity index (χ3v) is 2.12. The summed E-state index contributed by atoms with van der Waals surface area (Å²) in [7, 11) is 0. The zero-order chi connectivity index (χ0) is 12.5. The molecule has 0 radical (unpaired) electrons. The van der Waals surface area contributed by atoms with Gasteiger partial charge in [-0.15, -0.1) is 6.42 Å². The molecule has 94 valence electrons. The largest absolute Gasteiger partial charge is 0.478 e. The van der Waals surface area contributed by atoms with Crippen LogP contribution in [0, 0.1) is 12.3 Å². The molecule has 1 aliphatic rings. The van der Waals surface area contributed by atoms with Gasteiger partial charge in [0, 0.05) is 12.7 Å². The van der Waals surface area contributed by atoms with Gasteiger partial charge in [-0.2, -0.15) is 0 Å². The van der Waals surface area contributed by atoms with E-state index in [0.29, 0.717) is 45.1 Å². The first-order valence-corrected chi connectivity index (χ1v) is 5.26.